The zero-order valence-electron chi connectivity index (χ0n) is 15.7. The van der Waals surface area contributed by atoms with E-state index < -0.39 is 5.91 Å². The van der Waals surface area contributed by atoms with Crippen LogP contribution in [0.2, 0.25) is 0 Å². The first kappa shape index (κ1) is 18.6. The summed E-state index contributed by atoms with van der Waals surface area (Å²) in [7, 11) is 0. The lowest BCUT2D eigenvalue weighted by atomic mass is 10.1. The molecule has 0 radical (unpaired) electrons. The molecule has 2 amide bonds. The van der Waals surface area contributed by atoms with Gasteiger partial charge in [0.1, 0.15) is 17.5 Å². The maximum Gasteiger partial charge on any atom is 0.249 e. The van der Waals surface area contributed by atoms with Gasteiger partial charge in [-0.05, 0) is 55.0 Å². The highest BCUT2D eigenvalue weighted by Gasteiger charge is 2.32. The molecular weight excluding hydrogens is 366 g/mol. The lowest BCUT2D eigenvalue weighted by molar-refractivity contribution is -0.117. The molecule has 0 saturated carbocycles. The van der Waals surface area contributed by atoms with Crippen LogP contribution in [0.25, 0.3) is 0 Å². The minimum absolute atomic E-state index is 0.000777. The minimum Gasteiger partial charge on any atom is -0.457 e. The van der Waals surface area contributed by atoms with Gasteiger partial charge in [-0.3, -0.25) is 9.59 Å². The van der Waals surface area contributed by atoms with Gasteiger partial charge < -0.3 is 20.7 Å². The Labute approximate surface area is 168 Å². The summed E-state index contributed by atoms with van der Waals surface area (Å²) in [5, 5.41) is 3.24. The normalized spacial score (nSPS) is 15.9. The van der Waals surface area contributed by atoms with Crippen molar-refractivity contribution in [2.45, 2.75) is 12.5 Å². The van der Waals surface area contributed by atoms with E-state index in [0.717, 1.165) is 17.1 Å². The van der Waals surface area contributed by atoms with E-state index in [9.17, 15) is 9.59 Å². The van der Waals surface area contributed by atoms with E-state index in [2.05, 4.69) is 5.32 Å². The number of nitrogens with one attached hydrogen (secondary N) is 1. The Morgan fingerprint density at radius 3 is 2.41 bits per heavy atom. The maximum absolute atomic E-state index is 12.9. The van der Waals surface area contributed by atoms with Crippen LogP contribution in [-0.4, -0.2) is 24.4 Å². The molecule has 1 aliphatic rings. The van der Waals surface area contributed by atoms with Gasteiger partial charge in [0.2, 0.25) is 11.8 Å². The van der Waals surface area contributed by atoms with Crippen LogP contribution in [0.4, 0.5) is 11.4 Å². The Kier molecular flexibility index (Phi) is 5.16. The number of ether oxygens (including phenoxy) is 1. The Morgan fingerprint density at radius 1 is 0.966 bits per heavy atom. The summed E-state index contributed by atoms with van der Waals surface area (Å²) in [6, 6.07) is 23.5. The lowest BCUT2D eigenvalue weighted by Gasteiger charge is -2.18. The first-order valence-corrected chi connectivity index (χ1v) is 9.41. The second-order valence-electron chi connectivity index (χ2n) is 6.83. The number of nitrogens with two attached hydrogens (primary N) is 1. The smallest absolute Gasteiger partial charge is 0.249 e. The van der Waals surface area contributed by atoms with Crippen molar-refractivity contribution in [3.05, 3.63) is 84.4 Å². The molecule has 3 aromatic carbocycles. The summed E-state index contributed by atoms with van der Waals surface area (Å²) in [6.07, 6.45) is 0.681. The number of carbonyl (C=O) groups is 2. The molecule has 1 fully saturated rings. The molecule has 29 heavy (non-hydrogen) atoms. The molecule has 3 N–H and O–H groups in total. The molecule has 0 aliphatic carbocycles. The molecule has 4 rings (SSSR count). The average molecular weight is 387 g/mol. The first-order valence-electron chi connectivity index (χ1n) is 9.41. The fourth-order valence-electron chi connectivity index (χ4n) is 3.34. The summed E-state index contributed by atoms with van der Waals surface area (Å²) >= 11 is 0. The highest BCUT2D eigenvalue weighted by Crippen LogP contribution is 2.29. The van der Waals surface area contributed by atoms with Gasteiger partial charge in [0.25, 0.3) is 0 Å². The number of benzene rings is 3. The van der Waals surface area contributed by atoms with Crippen molar-refractivity contribution in [3.63, 3.8) is 0 Å². The SMILES string of the molecule is NC(=O)c1ccc(NC2CCN(c3cccc(Oc4ccccc4)c3)C2=O)cc1. The van der Waals surface area contributed by atoms with Crippen molar-refractivity contribution in [1.82, 2.24) is 0 Å². The predicted octanol–water partition coefficient (Wildman–Crippen LogP) is 3.80. The highest BCUT2D eigenvalue weighted by atomic mass is 16.5. The summed E-state index contributed by atoms with van der Waals surface area (Å²) in [4.78, 5) is 25.8. The van der Waals surface area contributed by atoms with Crippen LogP contribution in [0.3, 0.4) is 0 Å². The standard InChI is InChI=1S/C23H21N3O3/c24-22(27)16-9-11-17(12-10-16)25-21-13-14-26(23(21)28)18-5-4-8-20(15-18)29-19-6-2-1-3-7-19/h1-12,15,21,25H,13-14H2,(H2,24,27). The van der Waals surface area contributed by atoms with E-state index in [0.29, 0.717) is 24.3 Å². The number of anilines is 2. The maximum atomic E-state index is 12.9. The van der Waals surface area contributed by atoms with Gasteiger partial charge >= 0.3 is 0 Å². The van der Waals surface area contributed by atoms with Crippen LogP contribution < -0.4 is 20.7 Å². The van der Waals surface area contributed by atoms with Crippen LogP contribution in [0.1, 0.15) is 16.8 Å². The monoisotopic (exact) mass is 387 g/mol. The number of rotatable bonds is 6. The molecule has 1 aliphatic heterocycles. The molecular formula is C23H21N3O3. The summed E-state index contributed by atoms with van der Waals surface area (Å²) in [6.45, 7) is 0.616. The summed E-state index contributed by atoms with van der Waals surface area (Å²) in [5.74, 6) is 0.953. The summed E-state index contributed by atoms with van der Waals surface area (Å²) in [5.41, 5.74) is 7.27. The number of hydrogen-bond acceptors (Lipinski definition) is 4. The minimum atomic E-state index is -0.475. The van der Waals surface area contributed by atoms with Gasteiger partial charge in [-0.1, -0.05) is 24.3 Å². The van der Waals surface area contributed by atoms with Crippen LogP contribution in [0.5, 0.6) is 11.5 Å². The third kappa shape index (κ3) is 4.21. The number of amides is 2. The number of primary amides is 1. The highest BCUT2D eigenvalue weighted by molar-refractivity contribution is 6.01. The third-order valence-corrected chi connectivity index (χ3v) is 4.82. The number of hydrogen-bond donors (Lipinski definition) is 2. The van der Waals surface area contributed by atoms with Gasteiger partial charge in [0.05, 0.1) is 0 Å². The topological polar surface area (TPSA) is 84.7 Å². The van der Waals surface area contributed by atoms with E-state index in [1.165, 1.54) is 0 Å². The van der Waals surface area contributed by atoms with E-state index in [-0.39, 0.29) is 11.9 Å². The molecule has 1 saturated heterocycles. The zero-order valence-corrected chi connectivity index (χ0v) is 15.7. The van der Waals surface area contributed by atoms with E-state index in [1.807, 2.05) is 54.6 Å². The molecule has 0 aromatic heterocycles. The molecule has 146 valence electrons. The fraction of sp³-hybridized carbons (Fsp3) is 0.130. The molecule has 3 aromatic rings. The fourth-order valence-corrected chi connectivity index (χ4v) is 3.34. The first-order chi connectivity index (χ1) is 14.1. The van der Waals surface area contributed by atoms with Crippen molar-refractivity contribution >= 4 is 23.2 Å². The van der Waals surface area contributed by atoms with Crippen LogP contribution in [-0.2, 0) is 4.79 Å². The van der Waals surface area contributed by atoms with Gasteiger partial charge in [0.15, 0.2) is 0 Å². The van der Waals surface area contributed by atoms with Crippen LogP contribution in [0, 0.1) is 0 Å². The van der Waals surface area contributed by atoms with E-state index in [4.69, 9.17) is 10.5 Å². The molecule has 6 nitrogen and oxygen atoms in total. The van der Waals surface area contributed by atoms with Crippen molar-refractivity contribution in [2.24, 2.45) is 5.73 Å². The summed E-state index contributed by atoms with van der Waals surface area (Å²) < 4.78 is 5.88. The third-order valence-electron chi connectivity index (χ3n) is 4.82. The zero-order chi connectivity index (χ0) is 20.2. The largest absolute Gasteiger partial charge is 0.457 e. The Morgan fingerprint density at radius 2 is 1.69 bits per heavy atom. The van der Waals surface area contributed by atoms with Gasteiger partial charge in [-0.25, -0.2) is 0 Å². The average Bonchev–Trinajstić information content (AvgIpc) is 3.09. The second-order valence-corrected chi connectivity index (χ2v) is 6.83. The van der Waals surface area contributed by atoms with Crippen molar-refractivity contribution in [2.75, 3.05) is 16.8 Å². The number of para-hydroxylation sites is 1. The van der Waals surface area contributed by atoms with Gasteiger partial charge in [-0.15, -0.1) is 0 Å². The van der Waals surface area contributed by atoms with Crippen LogP contribution >= 0.6 is 0 Å². The molecule has 1 atom stereocenters. The number of nitrogens with zero attached hydrogens (tertiary/aromatic N) is 1. The second kappa shape index (κ2) is 8.06. The lowest BCUT2D eigenvalue weighted by Crippen LogP contribution is -2.33. The van der Waals surface area contributed by atoms with Crippen molar-refractivity contribution in [3.8, 4) is 11.5 Å². The quantitative estimate of drug-likeness (QED) is 0.674. The van der Waals surface area contributed by atoms with Crippen LogP contribution in [0.15, 0.2) is 78.9 Å². The predicted molar refractivity (Wildman–Crippen MR) is 112 cm³/mol. The Balaban J connectivity index is 1.44. The van der Waals surface area contributed by atoms with E-state index in [1.54, 1.807) is 29.2 Å². The van der Waals surface area contributed by atoms with E-state index >= 15 is 0 Å². The van der Waals surface area contributed by atoms with Gasteiger partial charge in [0, 0.05) is 29.5 Å². The van der Waals surface area contributed by atoms with Crippen molar-refractivity contribution < 1.29 is 14.3 Å². The van der Waals surface area contributed by atoms with Gasteiger partial charge in [-0.2, -0.15) is 0 Å². The number of carbonyl (C=O) groups excluding carboxylic acids is 2. The van der Waals surface area contributed by atoms with Crippen molar-refractivity contribution in [1.29, 1.82) is 0 Å². The molecule has 1 unspecified atom stereocenters. The molecule has 0 spiro atoms. The Hall–Kier alpha value is -3.80. The molecule has 0 bridgehead atoms. The Bertz CT molecular complexity index is 1020. The molecule has 6 heteroatoms. The molecule has 1 heterocycles.